The van der Waals surface area contributed by atoms with E-state index in [0.717, 1.165) is 11.3 Å². The lowest BCUT2D eigenvalue weighted by Crippen LogP contribution is -2.48. The Kier molecular flexibility index (Phi) is 5.84. The number of carbonyl (C=O) groups is 1. The van der Waals surface area contributed by atoms with E-state index >= 15 is 0 Å². The van der Waals surface area contributed by atoms with Gasteiger partial charge in [0, 0.05) is 31.2 Å². The Bertz CT molecular complexity index is 640. The van der Waals surface area contributed by atoms with Crippen molar-refractivity contribution in [3.8, 4) is 5.75 Å². The predicted octanol–water partition coefficient (Wildman–Crippen LogP) is 0.918. The Morgan fingerprint density at radius 2 is 1.96 bits per heavy atom. The van der Waals surface area contributed by atoms with Gasteiger partial charge in [0.1, 0.15) is 5.75 Å². The van der Waals surface area contributed by atoms with Gasteiger partial charge in [-0.3, -0.25) is 0 Å². The van der Waals surface area contributed by atoms with E-state index in [1.54, 1.807) is 7.11 Å². The van der Waals surface area contributed by atoms with Gasteiger partial charge in [-0.2, -0.15) is 0 Å². The Labute approximate surface area is 137 Å². The summed E-state index contributed by atoms with van der Waals surface area (Å²) in [5.41, 5.74) is 0.900. The quantitative estimate of drug-likeness (QED) is 0.834. The van der Waals surface area contributed by atoms with Crippen LogP contribution in [0.2, 0.25) is 0 Å². The maximum Gasteiger partial charge on any atom is 0.315 e. The van der Waals surface area contributed by atoms with Crippen molar-refractivity contribution in [1.29, 1.82) is 0 Å². The molecule has 1 aromatic carbocycles. The Morgan fingerprint density at radius 1 is 1.30 bits per heavy atom. The van der Waals surface area contributed by atoms with E-state index in [9.17, 15) is 13.2 Å². The first-order chi connectivity index (χ1) is 10.9. The molecule has 1 saturated heterocycles. The molecule has 7 nitrogen and oxygen atoms in total. The lowest BCUT2D eigenvalue weighted by atomic mass is 10.1. The van der Waals surface area contributed by atoms with Crippen LogP contribution in [0, 0.1) is 0 Å². The Hall–Kier alpha value is -1.80. The van der Waals surface area contributed by atoms with E-state index in [0.29, 0.717) is 32.5 Å². The van der Waals surface area contributed by atoms with Crippen LogP contribution in [0.5, 0.6) is 5.75 Å². The van der Waals surface area contributed by atoms with E-state index in [1.165, 1.54) is 10.6 Å². The molecule has 1 heterocycles. The zero-order valence-electron chi connectivity index (χ0n) is 13.4. The van der Waals surface area contributed by atoms with E-state index in [-0.39, 0.29) is 12.1 Å². The predicted molar refractivity (Wildman–Crippen MR) is 87.8 cm³/mol. The normalized spacial score (nSPS) is 16.8. The fourth-order valence-corrected chi connectivity index (χ4v) is 3.47. The summed E-state index contributed by atoms with van der Waals surface area (Å²) in [4.78, 5) is 12.0. The van der Waals surface area contributed by atoms with E-state index in [2.05, 4.69) is 10.6 Å². The van der Waals surface area contributed by atoms with Gasteiger partial charge >= 0.3 is 6.03 Å². The number of ether oxygens (including phenoxy) is 1. The lowest BCUT2D eigenvalue weighted by molar-refractivity contribution is 0.227. The molecular weight excluding hydrogens is 318 g/mol. The molecule has 0 unspecified atom stereocenters. The molecule has 1 aromatic rings. The number of nitrogens with zero attached hydrogens (tertiary/aromatic N) is 1. The summed E-state index contributed by atoms with van der Waals surface area (Å²) in [5, 5.41) is 5.69. The van der Waals surface area contributed by atoms with Gasteiger partial charge in [0.2, 0.25) is 10.0 Å². The van der Waals surface area contributed by atoms with Crippen LogP contribution in [-0.4, -0.2) is 51.3 Å². The molecule has 2 N–H and O–H groups in total. The average molecular weight is 341 g/mol. The molecule has 8 heteroatoms. The maximum absolute atomic E-state index is 12.0. The maximum atomic E-state index is 12.0. The summed E-state index contributed by atoms with van der Waals surface area (Å²) in [6.45, 7) is 1.25. The first-order valence-corrected chi connectivity index (χ1v) is 9.36. The fourth-order valence-electron chi connectivity index (χ4n) is 2.59. The van der Waals surface area contributed by atoms with Crippen LogP contribution in [0.1, 0.15) is 18.4 Å². The average Bonchev–Trinajstić information content (AvgIpc) is 2.53. The molecule has 2 rings (SSSR count). The fraction of sp³-hybridized carbons (Fsp3) is 0.533. The third-order valence-electron chi connectivity index (χ3n) is 3.89. The van der Waals surface area contributed by atoms with Gasteiger partial charge < -0.3 is 15.4 Å². The van der Waals surface area contributed by atoms with Crippen LogP contribution in [0.15, 0.2) is 24.3 Å². The molecule has 0 aromatic heterocycles. The summed E-state index contributed by atoms with van der Waals surface area (Å²) >= 11 is 0. The van der Waals surface area contributed by atoms with Gasteiger partial charge in [-0.25, -0.2) is 17.5 Å². The van der Waals surface area contributed by atoms with Crippen LogP contribution in [0.3, 0.4) is 0 Å². The summed E-state index contributed by atoms with van der Waals surface area (Å²) < 4.78 is 29.6. The minimum atomic E-state index is -3.14. The molecule has 0 bridgehead atoms. The highest BCUT2D eigenvalue weighted by Crippen LogP contribution is 2.17. The highest BCUT2D eigenvalue weighted by Gasteiger charge is 2.25. The van der Waals surface area contributed by atoms with Gasteiger partial charge in [0.25, 0.3) is 0 Å². The molecule has 128 valence electrons. The number of piperidine rings is 1. The number of amides is 2. The molecule has 0 aliphatic carbocycles. The molecule has 1 aliphatic heterocycles. The molecule has 1 fully saturated rings. The van der Waals surface area contributed by atoms with Gasteiger partial charge in [-0.05, 0) is 18.9 Å². The van der Waals surface area contributed by atoms with Gasteiger partial charge in [-0.15, -0.1) is 0 Å². The first-order valence-electron chi connectivity index (χ1n) is 7.51. The molecule has 0 spiro atoms. The third kappa shape index (κ3) is 5.11. The van der Waals surface area contributed by atoms with Crippen molar-refractivity contribution in [2.75, 3.05) is 26.5 Å². The number of rotatable bonds is 5. The monoisotopic (exact) mass is 341 g/mol. The number of methoxy groups -OCH3 is 1. The number of para-hydroxylation sites is 1. The van der Waals surface area contributed by atoms with Crippen LogP contribution in [0.4, 0.5) is 4.79 Å². The molecule has 1 aliphatic rings. The van der Waals surface area contributed by atoms with Gasteiger partial charge in [-0.1, -0.05) is 18.2 Å². The minimum Gasteiger partial charge on any atom is -0.496 e. The number of benzene rings is 1. The van der Waals surface area contributed by atoms with E-state index in [1.807, 2.05) is 24.3 Å². The largest absolute Gasteiger partial charge is 0.496 e. The number of sulfonamides is 1. The van der Waals surface area contributed by atoms with Gasteiger partial charge in [0.15, 0.2) is 0 Å². The summed E-state index contributed by atoms with van der Waals surface area (Å²) in [5.74, 6) is 0.731. The number of hydrogen-bond donors (Lipinski definition) is 2. The second-order valence-corrected chi connectivity index (χ2v) is 7.56. The number of carbonyl (C=O) groups excluding carboxylic acids is 1. The van der Waals surface area contributed by atoms with Crippen molar-refractivity contribution in [3.63, 3.8) is 0 Å². The lowest BCUT2D eigenvalue weighted by Gasteiger charge is -2.30. The van der Waals surface area contributed by atoms with Gasteiger partial charge in [0.05, 0.1) is 13.4 Å². The SMILES string of the molecule is COc1ccccc1CNC(=O)NC1CCN(S(C)(=O)=O)CC1. The van der Waals surface area contributed by atoms with Crippen LogP contribution < -0.4 is 15.4 Å². The van der Waals surface area contributed by atoms with Crippen molar-refractivity contribution in [2.45, 2.75) is 25.4 Å². The summed E-state index contributed by atoms with van der Waals surface area (Å²) in [7, 11) is -1.55. The van der Waals surface area contributed by atoms with E-state index in [4.69, 9.17) is 4.74 Å². The summed E-state index contributed by atoms with van der Waals surface area (Å²) in [6.07, 6.45) is 2.45. The minimum absolute atomic E-state index is 0.00864. The Balaban J connectivity index is 1.78. The second-order valence-electron chi connectivity index (χ2n) is 5.58. The topological polar surface area (TPSA) is 87.7 Å². The van der Waals surface area contributed by atoms with Crippen molar-refractivity contribution >= 4 is 16.1 Å². The van der Waals surface area contributed by atoms with E-state index < -0.39 is 10.0 Å². The number of hydrogen-bond acceptors (Lipinski definition) is 4. The first kappa shape index (κ1) is 17.6. The van der Waals surface area contributed by atoms with Crippen molar-refractivity contribution < 1.29 is 17.9 Å². The number of nitrogens with one attached hydrogen (secondary N) is 2. The molecular formula is C15H23N3O4S. The second kappa shape index (κ2) is 7.65. The highest BCUT2D eigenvalue weighted by molar-refractivity contribution is 7.88. The third-order valence-corrected chi connectivity index (χ3v) is 5.19. The zero-order valence-corrected chi connectivity index (χ0v) is 14.2. The highest BCUT2D eigenvalue weighted by atomic mass is 32.2. The number of urea groups is 1. The molecule has 2 amide bonds. The van der Waals surface area contributed by atoms with Crippen LogP contribution in [0.25, 0.3) is 0 Å². The van der Waals surface area contributed by atoms with Crippen LogP contribution >= 0.6 is 0 Å². The Morgan fingerprint density at radius 3 is 2.57 bits per heavy atom. The van der Waals surface area contributed by atoms with Crippen molar-refractivity contribution in [3.05, 3.63) is 29.8 Å². The molecule has 0 radical (unpaired) electrons. The molecule has 0 atom stereocenters. The smallest absolute Gasteiger partial charge is 0.315 e. The molecule has 23 heavy (non-hydrogen) atoms. The van der Waals surface area contributed by atoms with Crippen LogP contribution in [-0.2, 0) is 16.6 Å². The van der Waals surface area contributed by atoms with Crippen molar-refractivity contribution in [1.82, 2.24) is 14.9 Å². The van der Waals surface area contributed by atoms with Crippen molar-refractivity contribution in [2.24, 2.45) is 0 Å². The standard InChI is InChI=1S/C15H23N3O4S/c1-22-14-6-4-3-5-12(14)11-16-15(19)17-13-7-9-18(10-8-13)23(2,20)21/h3-6,13H,7-11H2,1-2H3,(H2,16,17,19). The summed E-state index contributed by atoms with van der Waals surface area (Å²) in [6, 6.07) is 7.23. The molecule has 0 saturated carbocycles. The zero-order chi connectivity index (χ0) is 16.9.